The second-order valence-electron chi connectivity index (χ2n) is 6.79. The molecule has 0 bridgehead atoms. The van der Waals surface area contributed by atoms with Gasteiger partial charge < -0.3 is 9.47 Å². The number of Topliss-reactive ketones (excluding diaryl/α,β-unsaturated/α-hetero) is 1. The number of methoxy groups -OCH3 is 2. The molecule has 0 saturated carbocycles. The van der Waals surface area contributed by atoms with Crippen LogP contribution in [0.4, 0.5) is 0 Å². The van der Waals surface area contributed by atoms with Gasteiger partial charge in [0, 0.05) is 28.6 Å². The molecule has 0 amide bonds. The van der Waals surface area contributed by atoms with Gasteiger partial charge in [0.25, 0.3) is 0 Å². The zero-order chi connectivity index (χ0) is 21.5. The fourth-order valence-corrected chi connectivity index (χ4v) is 3.45. The van der Waals surface area contributed by atoms with Gasteiger partial charge in [-0.3, -0.25) is 4.79 Å². The van der Waals surface area contributed by atoms with Crippen LogP contribution >= 0.6 is 11.6 Å². The average molecular weight is 422 g/mol. The molecule has 3 aromatic rings. The fraction of sp³-hybridized carbons (Fsp3) is 0.208. The Labute approximate surface area is 181 Å². The van der Waals surface area contributed by atoms with E-state index < -0.39 is 0 Å². The number of hydrogen-bond donors (Lipinski definition) is 0. The summed E-state index contributed by atoms with van der Waals surface area (Å²) in [5, 5.41) is 10.2. The number of nitriles is 1. The van der Waals surface area contributed by atoms with Crippen molar-refractivity contribution in [3.8, 4) is 17.6 Å². The smallest absolute Gasteiger partial charge is 0.187 e. The Morgan fingerprint density at radius 1 is 1.10 bits per heavy atom. The van der Waals surface area contributed by atoms with E-state index in [-0.39, 0.29) is 5.78 Å². The number of aromatic nitrogens is 1. The van der Waals surface area contributed by atoms with E-state index in [1.54, 1.807) is 31.5 Å². The zero-order valence-corrected chi connectivity index (χ0v) is 17.6. The van der Waals surface area contributed by atoms with Crippen LogP contribution in [0.5, 0.6) is 11.5 Å². The molecule has 0 fully saturated rings. The van der Waals surface area contributed by atoms with Crippen LogP contribution in [0.3, 0.4) is 0 Å². The van der Waals surface area contributed by atoms with Crippen molar-refractivity contribution in [1.29, 1.82) is 5.26 Å². The molecular formula is C24H22ClN2O3+. The molecule has 0 N–H and O–H groups in total. The summed E-state index contributed by atoms with van der Waals surface area (Å²) in [6, 6.07) is 16.9. The Bertz CT molecular complexity index is 1110. The van der Waals surface area contributed by atoms with Crippen LogP contribution in [0.15, 0.2) is 60.9 Å². The van der Waals surface area contributed by atoms with E-state index in [9.17, 15) is 10.1 Å². The molecule has 152 valence electrons. The Morgan fingerprint density at radius 3 is 2.60 bits per heavy atom. The van der Waals surface area contributed by atoms with Gasteiger partial charge in [-0.1, -0.05) is 23.7 Å². The molecule has 0 aliphatic carbocycles. The lowest BCUT2D eigenvalue weighted by atomic mass is 10.0. The highest BCUT2D eigenvalue weighted by atomic mass is 35.5. The van der Waals surface area contributed by atoms with Crippen molar-refractivity contribution in [2.45, 2.75) is 19.4 Å². The molecule has 6 heteroatoms. The van der Waals surface area contributed by atoms with E-state index in [2.05, 4.69) is 6.07 Å². The van der Waals surface area contributed by atoms with E-state index in [0.29, 0.717) is 47.0 Å². The molecule has 0 spiro atoms. The van der Waals surface area contributed by atoms with E-state index in [4.69, 9.17) is 21.1 Å². The molecule has 1 heterocycles. The Morgan fingerprint density at radius 2 is 1.90 bits per heavy atom. The summed E-state index contributed by atoms with van der Waals surface area (Å²) in [6.45, 7) is 0.611. The molecule has 5 nitrogen and oxygen atoms in total. The molecule has 1 aromatic heterocycles. The number of carbonyl (C=O) groups is 1. The predicted molar refractivity (Wildman–Crippen MR) is 114 cm³/mol. The topological polar surface area (TPSA) is 63.2 Å². The number of carbonyl (C=O) groups excluding carboxylic acids is 1. The monoisotopic (exact) mass is 421 g/mol. The van der Waals surface area contributed by atoms with Crippen molar-refractivity contribution in [2.75, 3.05) is 14.2 Å². The first kappa shape index (κ1) is 21.4. The largest absolute Gasteiger partial charge is 0.493 e. The molecule has 0 atom stereocenters. The molecule has 30 heavy (non-hydrogen) atoms. The van der Waals surface area contributed by atoms with Crippen LogP contribution in [-0.4, -0.2) is 20.0 Å². The van der Waals surface area contributed by atoms with Crippen molar-refractivity contribution < 1.29 is 18.8 Å². The summed E-state index contributed by atoms with van der Waals surface area (Å²) in [5.74, 6) is 1.08. The third-order valence-corrected chi connectivity index (χ3v) is 5.04. The number of aryl methyl sites for hydroxylation is 1. The Hall–Kier alpha value is -3.36. The molecular weight excluding hydrogens is 400 g/mol. The lowest BCUT2D eigenvalue weighted by Crippen LogP contribution is -2.34. The van der Waals surface area contributed by atoms with Crippen LogP contribution < -0.4 is 14.0 Å². The number of ketones is 1. The molecule has 0 unspecified atom stereocenters. The average Bonchev–Trinajstić information content (AvgIpc) is 2.77. The maximum atomic E-state index is 12.6. The van der Waals surface area contributed by atoms with Crippen molar-refractivity contribution in [1.82, 2.24) is 0 Å². The zero-order valence-electron chi connectivity index (χ0n) is 16.9. The number of benzene rings is 2. The van der Waals surface area contributed by atoms with Gasteiger partial charge in [-0.05, 0) is 42.3 Å². The highest BCUT2D eigenvalue weighted by Crippen LogP contribution is 2.28. The van der Waals surface area contributed by atoms with Crippen molar-refractivity contribution >= 4 is 17.4 Å². The number of rotatable bonds is 8. The van der Waals surface area contributed by atoms with Crippen molar-refractivity contribution in [3.63, 3.8) is 0 Å². The minimum atomic E-state index is -0.0181. The Kier molecular flexibility index (Phi) is 7.05. The number of hydrogen-bond acceptors (Lipinski definition) is 4. The van der Waals surface area contributed by atoms with Crippen LogP contribution in [0.1, 0.15) is 33.5 Å². The second kappa shape index (κ2) is 9.91. The minimum absolute atomic E-state index is 0.0181. The summed E-state index contributed by atoms with van der Waals surface area (Å²) in [6.07, 6.45) is 4.49. The van der Waals surface area contributed by atoms with Gasteiger partial charge in [0.05, 0.1) is 14.2 Å². The second-order valence-corrected chi connectivity index (χ2v) is 7.23. The lowest BCUT2D eigenvalue weighted by molar-refractivity contribution is -0.688. The summed E-state index contributed by atoms with van der Waals surface area (Å²) < 4.78 is 12.4. The molecule has 0 saturated heterocycles. The number of pyridine rings is 1. The van der Waals surface area contributed by atoms with E-state index in [0.717, 1.165) is 11.1 Å². The maximum Gasteiger partial charge on any atom is 0.187 e. The Balaban J connectivity index is 1.71. The van der Waals surface area contributed by atoms with Gasteiger partial charge in [0.15, 0.2) is 36.2 Å². The van der Waals surface area contributed by atoms with E-state index in [1.165, 1.54) is 7.11 Å². The molecule has 0 aliphatic rings. The summed E-state index contributed by atoms with van der Waals surface area (Å²) >= 11 is 6.04. The minimum Gasteiger partial charge on any atom is -0.493 e. The lowest BCUT2D eigenvalue weighted by Gasteiger charge is -2.09. The van der Waals surface area contributed by atoms with E-state index >= 15 is 0 Å². The number of ether oxygens (including phenoxy) is 2. The van der Waals surface area contributed by atoms with Crippen molar-refractivity contribution in [3.05, 3.63) is 88.2 Å². The van der Waals surface area contributed by atoms with Gasteiger partial charge in [-0.15, -0.1) is 0 Å². The summed E-state index contributed by atoms with van der Waals surface area (Å²) in [4.78, 5) is 12.6. The van der Waals surface area contributed by atoms with Gasteiger partial charge in [-0.25, -0.2) is 0 Å². The first-order valence-electron chi connectivity index (χ1n) is 9.45. The van der Waals surface area contributed by atoms with Gasteiger partial charge in [0.1, 0.15) is 11.6 Å². The van der Waals surface area contributed by atoms with Crippen LogP contribution in [-0.2, 0) is 13.0 Å². The number of halogens is 1. The van der Waals surface area contributed by atoms with Gasteiger partial charge in [-0.2, -0.15) is 9.83 Å². The third kappa shape index (κ3) is 5.16. The normalized spacial score (nSPS) is 10.3. The molecule has 3 rings (SSSR count). The van der Waals surface area contributed by atoms with Crippen LogP contribution in [0.2, 0.25) is 5.02 Å². The van der Waals surface area contributed by atoms with E-state index in [1.807, 2.05) is 41.1 Å². The fourth-order valence-electron chi connectivity index (χ4n) is 3.23. The van der Waals surface area contributed by atoms with Crippen LogP contribution in [0, 0.1) is 11.3 Å². The molecule has 0 aliphatic heterocycles. The van der Waals surface area contributed by atoms with Crippen LogP contribution in [0.25, 0.3) is 0 Å². The summed E-state index contributed by atoms with van der Waals surface area (Å²) in [5.41, 5.74) is 3.00. The first-order valence-corrected chi connectivity index (χ1v) is 9.83. The van der Waals surface area contributed by atoms with Crippen molar-refractivity contribution in [2.24, 2.45) is 0 Å². The standard InChI is InChI=1S/C24H22ClN2O3/c1-29-23-9-7-19(13-24(23)30-2)22(28)8-6-18-10-11-27(16-20(18)14-26)15-17-4-3-5-21(25)12-17/h3-5,7,9-13,16H,6,8,15H2,1-2H3/q+1. The predicted octanol–water partition coefficient (Wildman–Crippen LogP) is 4.38. The SMILES string of the molecule is COc1ccc(C(=O)CCc2cc[n+](Cc3cccc(Cl)c3)cc2C#N)cc1OC. The van der Waals surface area contributed by atoms with Gasteiger partial charge in [0.2, 0.25) is 0 Å². The number of nitrogens with zero attached hydrogens (tertiary/aromatic N) is 2. The highest BCUT2D eigenvalue weighted by Gasteiger charge is 2.14. The van der Waals surface area contributed by atoms with Gasteiger partial charge >= 0.3 is 0 Å². The highest BCUT2D eigenvalue weighted by molar-refractivity contribution is 6.30. The first-order chi connectivity index (χ1) is 14.5. The molecule has 2 aromatic carbocycles. The summed E-state index contributed by atoms with van der Waals surface area (Å²) in [7, 11) is 3.09. The quantitative estimate of drug-likeness (QED) is 0.400. The maximum absolute atomic E-state index is 12.6. The third-order valence-electron chi connectivity index (χ3n) is 4.81. The molecule has 0 radical (unpaired) electrons.